The molecule has 1 saturated heterocycles. The standard InChI is InChI=1S/C21H29N3O.2ClH/c1-23-18-5-2-15(3-6-18)8-9-24-12-17-14-25-21-7-4-16(11-22)10-19(21)20(17)13-24;;/h4,7,10,15,17-18,20,23H,2-3,5-6,8-9,12-14H2,1H3;2*1H/t15-,17-,18-,20+;;/m0../s1. The van der Waals surface area contributed by atoms with Crippen molar-refractivity contribution in [2.45, 2.75) is 44.1 Å². The molecule has 6 heteroatoms. The average Bonchev–Trinajstić information content (AvgIpc) is 3.10. The number of rotatable bonds is 4. The molecule has 0 radical (unpaired) electrons. The van der Waals surface area contributed by atoms with E-state index >= 15 is 0 Å². The number of nitrogens with one attached hydrogen (secondary N) is 1. The molecule has 4 rings (SSSR count). The van der Waals surface area contributed by atoms with E-state index in [2.05, 4.69) is 29.4 Å². The fourth-order valence-electron chi connectivity index (χ4n) is 5.01. The maximum Gasteiger partial charge on any atom is 0.122 e. The number of fused-ring (bicyclic) bond motifs is 3. The van der Waals surface area contributed by atoms with Gasteiger partial charge in [-0.05, 0) is 69.8 Å². The Morgan fingerprint density at radius 1 is 1.19 bits per heavy atom. The fourth-order valence-corrected chi connectivity index (χ4v) is 5.01. The quantitative estimate of drug-likeness (QED) is 0.813. The number of halogens is 2. The van der Waals surface area contributed by atoms with E-state index in [9.17, 15) is 5.26 Å². The molecular formula is C21H31Cl2N3O. The zero-order valence-electron chi connectivity index (χ0n) is 16.0. The van der Waals surface area contributed by atoms with Crippen molar-refractivity contribution in [1.82, 2.24) is 10.2 Å². The van der Waals surface area contributed by atoms with Gasteiger partial charge in [0.25, 0.3) is 0 Å². The Morgan fingerprint density at radius 3 is 2.67 bits per heavy atom. The summed E-state index contributed by atoms with van der Waals surface area (Å²) in [6, 6.07) is 8.91. The molecule has 0 unspecified atom stereocenters. The SMILES string of the molecule is CN[C@H]1CC[C@H](CCN2C[C@H]3COc4ccc(C#N)cc4[C@@H]3C2)CC1.Cl.Cl. The van der Waals surface area contributed by atoms with Crippen LogP contribution in [-0.4, -0.2) is 44.2 Å². The van der Waals surface area contributed by atoms with Crippen LogP contribution in [0.25, 0.3) is 0 Å². The summed E-state index contributed by atoms with van der Waals surface area (Å²) in [5.41, 5.74) is 2.01. The lowest BCUT2D eigenvalue weighted by Gasteiger charge is -2.29. The van der Waals surface area contributed by atoms with Gasteiger partial charge in [-0.1, -0.05) is 0 Å². The number of nitrogens with zero attached hydrogens (tertiary/aromatic N) is 2. The number of benzene rings is 1. The Morgan fingerprint density at radius 2 is 1.96 bits per heavy atom. The maximum absolute atomic E-state index is 9.19. The summed E-state index contributed by atoms with van der Waals surface area (Å²) in [7, 11) is 2.09. The minimum absolute atomic E-state index is 0. The van der Waals surface area contributed by atoms with Gasteiger partial charge in [0.1, 0.15) is 5.75 Å². The van der Waals surface area contributed by atoms with E-state index in [1.165, 1.54) is 44.2 Å². The van der Waals surface area contributed by atoms with Crippen molar-refractivity contribution in [2.24, 2.45) is 11.8 Å². The van der Waals surface area contributed by atoms with Gasteiger partial charge in [-0.2, -0.15) is 5.26 Å². The van der Waals surface area contributed by atoms with Crippen molar-refractivity contribution in [3.8, 4) is 11.8 Å². The molecule has 1 aliphatic carbocycles. The lowest BCUT2D eigenvalue weighted by molar-refractivity contribution is 0.207. The van der Waals surface area contributed by atoms with Gasteiger partial charge in [-0.15, -0.1) is 24.8 Å². The van der Waals surface area contributed by atoms with Gasteiger partial charge in [-0.3, -0.25) is 0 Å². The molecule has 150 valence electrons. The van der Waals surface area contributed by atoms with Crippen molar-refractivity contribution in [1.29, 1.82) is 5.26 Å². The first-order chi connectivity index (χ1) is 12.3. The molecule has 1 N–H and O–H groups in total. The summed E-state index contributed by atoms with van der Waals surface area (Å²) in [5.74, 6) is 3.02. The van der Waals surface area contributed by atoms with Crippen molar-refractivity contribution in [3.05, 3.63) is 29.3 Å². The molecule has 3 aliphatic rings. The highest BCUT2D eigenvalue weighted by molar-refractivity contribution is 5.85. The molecule has 0 bridgehead atoms. The molecular weight excluding hydrogens is 381 g/mol. The maximum atomic E-state index is 9.19. The molecule has 4 nitrogen and oxygen atoms in total. The lowest BCUT2D eigenvalue weighted by Crippen LogP contribution is -2.31. The van der Waals surface area contributed by atoms with Crippen molar-refractivity contribution in [3.63, 3.8) is 0 Å². The molecule has 2 atom stereocenters. The normalized spacial score (nSPS) is 29.3. The van der Waals surface area contributed by atoms with Gasteiger partial charge in [-0.25, -0.2) is 0 Å². The Kier molecular flexibility index (Phi) is 8.24. The van der Waals surface area contributed by atoms with Crippen molar-refractivity contribution in [2.75, 3.05) is 33.3 Å². The smallest absolute Gasteiger partial charge is 0.122 e. The van der Waals surface area contributed by atoms with E-state index in [1.54, 1.807) is 0 Å². The third-order valence-corrected chi connectivity index (χ3v) is 6.62. The van der Waals surface area contributed by atoms with E-state index in [1.807, 2.05) is 12.1 Å². The molecule has 2 heterocycles. The van der Waals surface area contributed by atoms with E-state index in [0.29, 0.717) is 11.8 Å². The molecule has 0 spiro atoms. The average molecular weight is 412 g/mol. The minimum atomic E-state index is 0. The molecule has 0 amide bonds. The summed E-state index contributed by atoms with van der Waals surface area (Å²) in [6.07, 6.45) is 6.77. The van der Waals surface area contributed by atoms with Crippen LogP contribution in [0.15, 0.2) is 18.2 Å². The second-order valence-electron chi connectivity index (χ2n) is 8.10. The first kappa shape index (κ1) is 22.3. The van der Waals surface area contributed by atoms with Crippen LogP contribution in [0.2, 0.25) is 0 Å². The number of likely N-dealkylation sites (tertiary alicyclic amines) is 1. The van der Waals surface area contributed by atoms with Gasteiger partial charge >= 0.3 is 0 Å². The van der Waals surface area contributed by atoms with Crippen LogP contribution in [0, 0.1) is 23.2 Å². The van der Waals surface area contributed by atoms with Gasteiger partial charge in [0.05, 0.1) is 18.2 Å². The van der Waals surface area contributed by atoms with Crippen LogP contribution in [0.4, 0.5) is 0 Å². The van der Waals surface area contributed by atoms with E-state index in [4.69, 9.17) is 4.74 Å². The van der Waals surface area contributed by atoms with Crippen LogP contribution < -0.4 is 10.1 Å². The summed E-state index contributed by atoms with van der Waals surface area (Å²) in [4.78, 5) is 2.64. The molecule has 2 fully saturated rings. The van der Waals surface area contributed by atoms with Gasteiger partial charge in [0.2, 0.25) is 0 Å². The predicted molar refractivity (Wildman–Crippen MR) is 113 cm³/mol. The van der Waals surface area contributed by atoms with Gasteiger partial charge in [0, 0.05) is 36.5 Å². The molecule has 2 aliphatic heterocycles. The topological polar surface area (TPSA) is 48.3 Å². The summed E-state index contributed by atoms with van der Waals surface area (Å²) >= 11 is 0. The molecule has 0 aromatic heterocycles. The summed E-state index contributed by atoms with van der Waals surface area (Å²) in [5, 5.41) is 12.6. The Hall–Kier alpha value is -0.990. The number of ether oxygens (including phenoxy) is 1. The van der Waals surface area contributed by atoms with Crippen molar-refractivity contribution < 1.29 is 4.74 Å². The second-order valence-corrected chi connectivity index (χ2v) is 8.10. The van der Waals surface area contributed by atoms with Gasteiger partial charge in [0.15, 0.2) is 0 Å². The van der Waals surface area contributed by atoms with E-state index in [-0.39, 0.29) is 24.8 Å². The first-order valence-corrected chi connectivity index (χ1v) is 9.83. The Balaban J connectivity index is 0.00000131. The molecule has 1 saturated carbocycles. The molecule has 27 heavy (non-hydrogen) atoms. The Labute approximate surface area is 175 Å². The highest BCUT2D eigenvalue weighted by Crippen LogP contribution is 2.42. The van der Waals surface area contributed by atoms with E-state index in [0.717, 1.165) is 43.0 Å². The zero-order chi connectivity index (χ0) is 17.2. The monoisotopic (exact) mass is 411 g/mol. The number of hydrogen-bond acceptors (Lipinski definition) is 4. The molecule has 1 aromatic carbocycles. The van der Waals surface area contributed by atoms with Crippen LogP contribution in [0.3, 0.4) is 0 Å². The van der Waals surface area contributed by atoms with E-state index < -0.39 is 0 Å². The van der Waals surface area contributed by atoms with Crippen LogP contribution in [-0.2, 0) is 0 Å². The summed E-state index contributed by atoms with van der Waals surface area (Å²) < 4.78 is 5.96. The largest absolute Gasteiger partial charge is 0.493 e. The van der Waals surface area contributed by atoms with Gasteiger partial charge < -0.3 is 15.0 Å². The molecule has 1 aromatic rings. The third kappa shape index (κ3) is 4.90. The number of hydrogen-bond donors (Lipinski definition) is 1. The van der Waals surface area contributed by atoms with Crippen LogP contribution >= 0.6 is 24.8 Å². The number of nitriles is 1. The van der Waals surface area contributed by atoms with Crippen molar-refractivity contribution >= 4 is 24.8 Å². The zero-order valence-corrected chi connectivity index (χ0v) is 17.7. The highest BCUT2D eigenvalue weighted by Gasteiger charge is 2.38. The second kappa shape index (κ2) is 9.98. The lowest BCUT2D eigenvalue weighted by atomic mass is 9.84. The predicted octanol–water partition coefficient (Wildman–Crippen LogP) is 3.98. The minimum Gasteiger partial charge on any atom is -0.493 e. The Bertz CT molecular complexity index is 655. The fraction of sp³-hybridized carbons (Fsp3) is 0.667. The van der Waals surface area contributed by atoms with Crippen LogP contribution in [0.1, 0.15) is 49.1 Å². The van der Waals surface area contributed by atoms with Crippen LogP contribution in [0.5, 0.6) is 5.75 Å². The highest BCUT2D eigenvalue weighted by atomic mass is 35.5. The summed E-state index contributed by atoms with van der Waals surface area (Å²) in [6.45, 7) is 4.32. The first-order valence-electron chi connectivity index (χ1n) is 9.83. The third-order valence-electron chi connectivity index (χ3n) is 6.62.